The number of non-ortho nitro benzene ring substituents is 1. The van der Waals surface area contributed by atoms with Crippen molar-refractivity contribution in [1.29, 1.82) is 0 Å². The van der Waals surface area contributed by atoms with Crippen LogP contribution in [0.25, 0.3) is 0 Å². The van der Waals surface area contributed by atoms with E-state index in [4.69, 9.17) is 0 Å². The highest BCUT2D eigenvalue weighted by Crippen LogP contribution is 2.36. The Bertz CT molecular complexity index is 471. The van der Waals surface area contributed by atoms with Gasteiger partial charge in [-0.05, 0) is 29.9 Å². The van der Waals surface area contributed by atoms with Crippen molar-refractivity contribution in [3.05, 3.63) is 38.3 Å². The van der Waals surface area contributed by atoms with Gasteiger partial charge in [-0.2, -0.15) is 0 Å². The molecule has 0 heterocycles. The molecular weight excluding hydrogens is 308 g/mol. The van der Waals surface area contributed by atoms with E-state index in [-0.39, 0.29) is 10.6 Å². The summed E-state index contributed by atoms with van der Waals surface area (Å²) in [6, 6.07) is 5.09. The molecule has 0 unspecified atom stereocenters. The number of nitro benzene ring substituents is 1. The second kappa shape index (κ2) is 6.01. The summed E-state index contributed by atoms with van der Waals surface area (Å²) in [5, 5.41) is 14.2. The Labute approximate surface area is 121 Å². The average molecular weight is 327 g/mol. The molecule has 0 bridgehead atoms. The molecule has 0 aromatic heterocycles. The van der Waals surface area contributed by atoms with Crippen molar-refractivity contribution in [3.63, 3.8) is 0 Å². The van der Waals surface area contributed by atoms with Crippen molar-refractivity contribution in [2.75, 3.05) is 6.54 Å². The van der Waals surface area contributed by atoms with E-state index in [1.807, 2.05) is 6.07 Å². The standard InChI is InChI=1S/C14H19BrN2O2/c1-14(4-2-3-5-14)10-16-9-11-6-12(15)8-13(7-11)17(18)19/h6-8,16H,2-5,9-10H2,1H3. The molecule has 0 spiro atoms. The zero-order valence-electron chi connectivity index (χ0n) is 11.1. The van der Waals surface area contributed by atoms with Gasteiger partial charge in [-0.15, -0.1) is 0 Å². The molecule has 2 rings (SSSR count). The van der Waals surface area contributed by atoms with Gasteiger partial charge in [0.15, 0.2) is 0 Å². The van der Waals surface area contributed by atoms with Crippen LogP contribution < -0.4 is 5.32 Å². The second-order valence-corrected chi connectivity index (χ2v) is 6.61. The fourth-order valence-electron chi connectivity index (χ4n) is 2.75. The van der Waals surface area contributed by atoms with Gasteiger partial charge in [-0.25, -0.2) is 0 Å². The number of rotatable bonds is 5. The molecule has 1 aliphatic carbocycles. The Morgan fingerprint density at radius 1 is 1.37 bits per heavy atom. The Hall–Kier alpha value is -0.940. The van der Waals surface area contributed by atoms with Gasteiger partial charge >= 0.3 is 0 Å². The molecule has 1 aromatic rings. The monoisotopic (exact) mass is 326 g/mol. The largest absolute Gasteiger partial charge is 0.312 e. The molecule has 1 fully saturated rings. The molecule has 0 radical (unpaired) electrons. The highest BCUT2D eigenvalue weighted by Gasteiger charge is 2.27. The molecule has 4 nitrogen and oxygen atoms in total. The lowest BCUT2D eigenvalue weighted by Crippen LogP contribution is -2.29. The Kier molecular flexibility index (Phi) is 4.58. The summed E-state index contributed by atoms with van der Waals surface area (Å²) >= 11 is 3.32. The smallest absolute Gasteiger partial charge is 0.270 e. The van der Waals surface area contributed by atoms with Crippen LogP contribution >= 0.6 is 15.9 Å². The van der Waals surface area contributed by atoms with Crippen LogP contribution in [0.3, 0.4) is 0 Å². The number of nitrogens with zero attached hydrogens (tertiary/aromatic N) is 1. The van der Waals surface area contributed by atoms with E-state index in [1.54, 1.807) is 6.07 Å². The Morgan fingerprint density at radius 3 is 2.68 bits per heavy atom. The molecule has 0 aliphatic heterocycles. The lowest BCUT2D eigenvalue weighted by molar-refractivity contribution is -0.385. The molecule has 1 N–H and O–H groups in total. The molecule has 1 aliphatic rings. The van der Waals surface area contributed by atoms with Crippen LogP contribution in [-0.2, 0) is 6.54 Å². The molecule has 1 aromatic carbocycles. The molecule has 0 amide bonds. The van der Waals surface area contributed by atoms with E-state index in [0.717, 1.165) is 16.6 Å². The van der Waals surface area contributed by atoms with Crippen LogP contribution in [0.1, 0.15) is 38.2 Å². The van der Waals surface area contributed by atoms with Gasteiger partial charge in [0.05, 0.1) is 4.92 Å². The highest BCUT2D eigenvalue weighted by molar-refractivity contribution is 9.10. The lowest BCUT2D eigenvalue weighted by Gasteiger charge is -2.23. The SMILES string of the molecule is CC1(CNCc2cc(Br)cc([N+](=O)[O-])c2)CCCC1. The first kappa shape index (κ1) is 14.5. The Morgan fingerprint density at radius 2 is 2.05 bits per heavy atom. The van der Waals surface area contributed by atoms with Crippen molar-refractivity contribution in [3.8, 4) is 0 Å². The normalized spacial score (nSPS) is 17.6. The van der Waals surface area contributed by atoms with E-state index >= 15 is 0 Å². The van der Waals surface area contributed by atoms with E-state index < -0.39 is 0 Å². The number of hydrogen-bond acceptors (Lipinski definition) is 3. The molecule has 1 saturated carbocycles. The van der Waals surface area contributed by atoms with Crippen LogP contribution in [0.2, 0.25) is 0 Å². The third-order valence-electron chi connectivity index (χ3n) is 3.84. The van der Waals surface area contributed by atoms with E-state index in [0.29, 0.717) is 12.0 Å². The van der Waals surface area contributed by atoms with Gasteiger partial charge in [0.2, 0.25) is 0 Å². The minimum Gasteiger partial charge on any atom is -0.312 e. The topological polar surface area (TPSA) is 55.2 Å². The maximum atomic E-state index is 10.8. The van der Waals surface area contributed by atoms with Gasteiger partial charge in [0.1, 0.15) is 0 Å². The van der Waals surface area contributed by atoms with Crippen molar-refractivity contribution in [2.45, 2.75) is 39.2 Å². The highest BCUT2D eigenvalue weighted by atomic mass is 79.9. The number of halogens is 1. The van der Waals surface area contributed by atoms with Gasteiger partial charge in [-0.1, -0.05) is 35.7 Å². The first-order valence-electron chi connectivity index (χ1n) is 6.63. The summed E-state index contributed by atoms with van der Waals surface area (Å²) in [5.41, 5.74) is 1.48. The third kappa shape index (κ3) is 4.01. The second-order valence-electron chi connectivity index (χ2n) is 5.70. The zero-order valence-corrected chi connectivity index (χ0v) is 12.7. The van der Waals surface area contributed by atoms with E-state index in [1.165, 1.54) is 31.7 Å². The third-order valence-corrected chi connectivity index (χ3v) is 4.30. The maximum Gasteiger partial charge on any atom is 0.270 e. The van der Waals surface area contributed by atoms with Crippen molar-refractivity contribution in [1.82, 2.24) is 5.32 Å². The molecule has 0 saturated heterocycles. The fraction of sp³-hybridized carbons (Fsp3) is 0.571. The van der Waals surface area contributed by atoms with Crippen LogP contribution in [0, 0.1) is 15.5 Å². The van der Waals surface area contributed by atoms with Crippen molar-refractivity contribution in [2.24, 2.45) is 5.41 Å². The molecule has 19 heavy (non-hydrogen) atoms. The quantitative estimate of drug-likeness (QED) is 0.656. The zero-order chi connectivity index (χ0) is 13.9. The maximum absolute atomic E-state index is 10.8. The predicted molar refractivity (Wildman–Crippen MR) is 79.1 cm³/mol. The van der Waals surface area contributed by atoms with Gasteiger partial charge in [0, 0.05) is 29.7 Å². The molecule has 104 valence electrons. The van der Waals surface area contributed by atoms with Crippen LogP contribution in [0.5, 0.6) is 0 Å². The predicted octanol–water partition coefficient (Wildman–Crippen LogP) is 4.03. The number of hydrogen-bond donors (Lipinski definition) is 1. The summed E-state index contributed by atoms with van der Waals surface area (Å²) in [6.07, 6.45) is 5.19. The average Bonchev–Trinajstić information content (AvgIpc) is 2.75. The molecule has 5 heteroatoms. The van der Waals surface area contributed by atoms with Gasteiger partial charge < -0.3 is 5.32 Å². The molecular formula is C14H19BrN2O2. The van der Waals surface area contributed by atoms with Crippen LogP contribution in [0.4, 0.5) is 5.69 Å². The van der Waals surface area contributed by atoms with E-state index in [2.05, 4.69) is 28.2 Å². The lowest BCUT2D eigenvalue weighted by atomic mass is 9.89. The summed E-state index contributed by atoms with van der Waals surface area (Å²) in [4.78, 5) is 10.4. The fourth-order valence-corrected chi connectivity index (χ4v) is 3.28. The molecule has 0 atom stereocenters. The van der Waals surface area contributed by atoms with Crippen molar-refractivity contribution < 1.29 is 4.92 Å². The summed E-state index contributed by atoms with van der Waals surface area (Å²) in [7, 11) is 0. The number of benzene rings is 1. The van der Waals surface area contributed by atoms with Crippen LogP contribution in [-0.4, -0.2) is 11.5 Å². The first-order chi connectivity index (χ1) is 8.98. The number of nitro groups is 1. The van der Waals surface area contributed by atoms with E-state index in [9.17, 15) is 10.1 Å². The summed E-state index contributed by atoms with van der Waals surface area (Å²) in [5.74, 6) is 0. The minimum absolute atomic E-state index is 0.137. The summed E-state index contributed by atoms with van der Waals surface area (Å²) in [6.45, 7) is 3.97. The first-order valence-corrected chi connectivity index (χ1v) is 7.42. The summed E-state index contributed by atoms with van der Waals surface area (Å²) < 4.78 is 0.755. The number of nitrogens with one attached hydrogen (secondary N) is 1. The van der Waals surface area contributed by atoms with Gasteiger partial charge in [0.25, 0.3) is 5.69 Å². The minimum atomic E-state index is -0.355. The Balaban J connectivity index is 1.94. The van der Waals surface area contributed by atoms with Crippen molar-refractivity contribution >= 4 is 21.6 Å². The van der Waals surface area contributed by atoms with Crippen LogP contribution in [0.15, 0.2) is 22.7 Å². The van der Waals surface area contributed by atoms with Gasteiger partial charge in [-0.3, -0.25) is 10.1 Å².